The summed E-state index contributed by atoms with van der Waals surface area (Å²) in [4.78, 5) is 28.3. The summed E-state index contributed by atoms with van der Waals surface area (Å²) in [6.07, 6.45) is 4.67. The van der Waals surface area contributed by atoms with Gasteiger partial charge in [0.1, 0.15) is 6.61 Å². The van der Waals surface area contributed by atoms with Crippen molar-refractivity contribution in [2.24, 2.45) is 0 Å². The normalized spacial score (nSPS) is 11.1. The van der Waals surface area contributed by atoms with Crippen molar-refractivity contribution >= 4 is 45.9 Å². The lowest BCUT2D eigenvalue weighted by atomic mass is 10.1. The number of halogens is 1. The summed E-state index contributed by atoms with van der Waals surface area (Å²) in [5.74, 6) is -0.965. The fourth-order valence-electron chi connectivity index (χ4n) is 2.18. The Hall–Kier alpha value is -2.64. The lowest BCUT2D eigenvalue weighted by Crippen LogP contribution is -2.04. The van der Waals surface area contributed by atoms with Gasteiger partial charge in [0.05, 0.1) is 18.4 Å². The fraction of sp³-hybridized carbons (Fsp3) is 0.118. The van der Waals surface area contributed by atoms with E-state index in [0.717, 1.165) is 4.96 Å². The van der Waals surface area contributed by atoms with E-state index in [-0.39, 0.29) is 6.61 Å². The van der Waals surface area contributed by atoms with Crippen molar-refractivity contribution in [2.45, 2.75) is 6.61 Å². The van der Waals surface area contributed by atoms with Crippen molar-refractivity contribution in [2.75, 3.05) is 7.11 Å². The number of aromatic nitrogens is 2. The van der Waals surface area contributed by atoms with Crippen LogP contribution in [-0.4, -0.2) is 28.4 Å². The van der Waals surface area contributed by atoms with E-state index in [1.165, 1.54) is 24.5 Å². The number of carbonyl (C=O) groups excluding carboxylic acids is 2. The Morgan fingerprint density at radius 2 is 2.24 bits per heavy atom. The Bertz CT molecular complexity index is 961. The number of benzene rings is 1. The molecule has 3 rings (SSSR count). The summed E-state index contributed by atoms with van der Waals surface area (Å²) >= 11 is 7.50. The fourth-order valence-corrected chi connectivity index (χ4v) is 3.19. The molecule has 2 heterocycles. The van der Waals surface area contributed by atoms with Gasteiger partial charge in [0, 0.05) is 17.7 Å². The van der Waals surface area contributed by atoms with Gasteiger partial charge in [0.2, 0.25) is 0 Å². The molecule has 2 aromatic heterocycles. The van der Waals surface area contributed by atoms with E-state index >= 15 is 0 Å². The van der Waals surface area contributed by atoms with Crippen LogP contribution in [0.15, 0.2) is 41.9 Å². The summed E-state index contributed by atoms with van der Waals surface area (Å²) in [6.45, 7) is 0.0437. The minimum Gasteiger partial charge on any atom is -0.465 e. The lowest BCUT2D eigenvalue weighted by molar-refractivity contribution is -0.138. The summed E-state index contributed by atoms with van der Waals surface area (Å²) in [6, 6.07) is 6.70. The zero-order valence-corrected chi connectivity index (χ0v) is 14.7. The van der Waals surface area contributed by atoms with Crippen LogP contribution in [0.1, 0.15) is 21.6 Å². The molecule has 0 aliphatic rings. The number of fused-ring (bicyclic) bond motifs is 1. The van der Waals surface area contributed by atoms with E-state index in [0.29, 0.717) is 22.0 Å². The molecular weight excluding hydrogens is 364 g/mol. The van der Waals surface area contributed by atoms with Crippen LogP contribution in [0.5, 0.6) is 0 Å². The van der Waals surface area contributed by atoms with Crippen LogP contribution < -0.4 is 0 Å². The van der Waals surface area contributed by atoms with Gasteiger partial charge in [-0.05, 0) is 23.8 Å². The number of nitrogens with zero attached hydrogens (tertiary/aromatic N) is 2. The zero-order valence-electron chi connectivity index (χ0n) is 13.1. The number of imidazole rings is 1. The maximum Gasteiger partial charge on any atom is 0.337 e. The number of rotatable bonds is 5. The van der Waals surface area contributed by atoms with Gasteiger partial charge in [-0.1, -0.05) is 23.7 Å². The molecule has 0 unspecified atom stereocenters. The van der Waals surface area contributed by atoms with E-state index < -0.39 is 11.9 Å². The van der Waals surface area contributed by atoms with Gasteiger partial charge in [-0.3, -0.25) is 4.40 Å². The highest BCUT2D eigenvalue weighted by molar-refractivity contribution is 7.15. The second kappa shape index (κ2) is 7.50. The summed E-state index contributed by atoms with van der Waals surface area (Å²) in [5.41, 5.74) is 1.70. The topological polar surface area (TPSA) is 69.9 Å². The number of thiazole rings is 1. The molecule has 0 saturated carbocycles. The third-order valence-electron chi connectivity index (χ3n) is 3.36. The quantitative estimate of drug-likeness (QED) is 0.502. The first-order valence-corrected chi connectivity index (χ1v) is 8.47. The zero-order chi connectivity index (χ0) is 17.8. The van der Waals surface area contributed by atoms with E-state index in [9.17, 15) is 9.59 Å². The number of methoxy groups -OCH3 is 1. The second-order valence-corrected chi connectivity index (χ2v) is 6.21. The molecule has 0 aliphatic heterocycles. The van der Waals surface area contributed by atoms with Crippen molar-refractivity contribution in [3.8, 4) is 0 Å². The van der Waals surface area contributed by atoms with Crippen LogP contribution >= 0.6 is 22.9 Å². The summed E-state index contributed by atoms with van der Waals surface area (Å²) < 4.78 is 11.6. The maximum atomic E-state index is 11.9. The SMILES string of the molecule is COC(=O)c1cccc(COC(=O)/C=C/c2c(Cl)nc3sccn23)c1. The molecule has 0 amide bonds. The molecule has 0 N–H and O–H groups in total. The highest BCUT2D eigenvalue weighted by atomic mass is 35.5. The second-order valence-electron chi connectivity index (χ2n) is 4.98. The predicted octanol–water partition coefficient (Wildman–Crippen LogP) is 3.59. The van der Waals surface area contributed by atoms with E-state index in [1.54, 1.807) is 34.7 Å². The molecule has 0 radical (unpaired) electrons. The number of hydrogen-bond acceptors (Lipinski definition) is 6. The Morgan fingerprint density at radius 3 is 3.04 bits per heavy atom. The molecule has 6 nitrogen and oxygen atoms in total. The molecule has 0 atom stereocenters. The number of esters is 2. The average molecular weight is 377 g/mol. The van der Waals surface area contributed by atoms with Crippen molar-refractivity contribution in [1.29, 1.82) is 0 Å². The minimum atomic E-state index is -0.523. The molecular formula is C17H13ClN2O4S. The molecule has 0 bridgehead atoms. The van der Waals surface area contributed by atoms with Crippen molar-refractivity contribution < 1.29 is 19.1 Å². The Morgan fingerprint density at radius 1 is 1.40 bits per heavy atom. The van der Waals surface area contributed by atoms with Crippen molar-refractivity contribution in [1.82, 2.24) is 9.38 Å². The van der Waals surface area contributed by atoms with Gasteiger partial charge >= 0.3 is 11.9 Å². The van der Waals surface area contributed by atoms with Crippen LogP contribution in [-0.2, 0) is 20.9 Å². The van der Waals surface area contributed by atoms with Gasteiger partial charge in [-0.2, -0.15) is 0 Å². The van der Waals surface area contributed by atoms with Gasteiger partial charge in [0.25, 0.3) is 0 Å². The lowest BCUT2D eigenvalue weighted by Gasteiger charge is -2.04. The first-order chi connectivity index (χ1) is 12.1. The van der Waals surface area contributed by atoms with Crippen LogP contribution in [0.2, 0.25) is 5.15 Å². The number of ether oxygens (including phenoxy) is 2. The molecule has 25 heavy (non-hydrogen) atoms. The number of carbonyl (C=O) groups is 2. The number of hydrogen-bond donors (Lipinski definition) is 0. The van der Waals surface area contributed by atoms with E-state index in [4.69, 9.17) is 16.3 Å². The molecule has 0 aliphatic carbocycles. The molecule has 3 aromatic rings. The average Bonchev–Trinajstić information content (AvgIpc) is 3.18. The monoisotopic (exact) mass is 376 g/mol. The third-order valence-corrected chi connectivity index (χ3v) is 4.40. The van der Waals surface area contributed by atoms with Gasteiger partial charge in [0.15, 0.2) is 10.1 Å². The Balaban J connectivity index is 1.64. The summed E-state index contributed by atoms with van der Waals surface area (Å²) in [5, 5.41) is 2.20. The molecule has 0 saturated heterocycles. The molecule has 8 heteroatoms. The first kappa shape index (κ1) is 17.2. The van der Waals surface area contributed by atoms with Crippen molar-refractivity contribution in [3.63, 3.8) is 0 Å². The van der Waals surface area contributed by atoms with Crippen molar-refractivity contribution in [3.05, 3.63) is 63.9 Å². The first-order valence-electron chi connectivity index (χ1n) is 7.21. The van der Waals surface area contributed by atoms with Crippen LogP contribution in [0, 0.1) is 0 Å². The molecule has 0 spiro atoms. The van der Waals surface area contributed by atoms with Crippen LogP contribution in [0.25, 0.3) is 11.0 Å². The minimum absolute atomic E-state index is 0.0437. The molecule has 128 valence electrons. The maximum absolute atomic E-state index is 11.9. The van der Waals surface area contributed by atoms with E-state index in [1.807, 2.05) is 11.6 Å². The smallest absolute Gasteiger partial charge is 0.337 e. The highest BCUT2D eigenvalue weighted by Crippen LogP contribution is 2.22. The predicted molar refractivity (Wildman–Crippen MR) is 94.7 cm³/mol. The molecule has 1 aromatic carbocycles. The van der Waals surface area contributed by atoms with Crippen LogP contribution in [0.4, 0.5) is 0 Å². The largest absolute Gasteiger partial charge is 0.465 e. The van der Waals surface area contributed by atoms with E-state index in [2.05, 4.69) is 9.72 Å². The standard InChI is InChI=1S/C17H13ClN2O4S/c1-23-16(22)12-4-2-3-11(9-12)10-24-14(21)6-5-13-15(18)19-17-20(13)7-8-25-17/h2-9H,10H2,1H3/b6-5+. The Kier molecular flexibility index (Phi) is 5.16. The van der Waals surface area contributed by atoms with Gasteiger partial charge < -0.3 is 9.47 Å². The van der Waals surface area contributed by atoms with Gasteiger partial charge in [-0.25, -0.2) is 14.6 Å². The Labute approximate surface area is 152 Å². The van der Waals surface area contributed by atoms with Gasteiger partial charge in [-0.15, -0.1) is 11.3 Å². The third kappa shape index (κ3) is 3.89. The van der Waals surface area contributed by atoms with Crippen LogP contribution in [0.3, 0.4) is 0 Å². The molecule has 0 fully saturated rings. The summed E-state index contributed by atoms with van der Waals surface area (Å²) in [7, 11) is 1.31. The highest BCUT2D eigenvalue weighted by Gasteiger charge is 2.10.